The van der Waals surface area contributed by atoms with Gasteiger partial charge in [-0.2, -0.15) is 0 Å². The molecule has 1 aromatic rings. The minimum absolute atomic E-state index is 0.200. The van der Waals surface area contributed by atoms with Crippen LogP contribution in [0.5, 0.6) is 0 Å². The monoisotopic (exact) mass is 327 g/mol. The second-order valence-corrected chi connectivity index (χ2v) is 5.93. The highest BCUT2D eigenvalue weighted by atomic mass is 79.9. The molecule has 2 N–H and O–H groups in total. The van der Waals surface area contributed by atoms with E-state index in [1.54, 1.807) is 12.1 Å². The van der Waals surface area contributed by atoms with Crippen molar-refractivity contribution in [2.75, 3.05) is 0 Å². The van der Waals surface area contributed by atoms with Crippen LogP contribution >= 0.6 is 15.9 Å². The van der Waals surface area contributed by atoms with Gasteiger partial charge in [-0.3, -0.25) is 4.79 Å². The van der Waals surface area contributed by atoms with Crippen LogP contribution in [0.3, 0.4) is 0 Å². The van der Waals surface area contributed by atoms with E-state index < -0.39 is 12.0 Å². The number of benzene rings is 1. The zero-order chi connectivity index (χ0) is 14.6. The smallest absolute Gasteiger partial charge is 0.326 e. The van der Waals surface area contributed by atoms with Gasteiger partial charge in [-0.1, -0.05) is 29.8 Å². The molecule has 0 bridgehead atoms. The molecule has 4 nitrogen and oxygen atoms in total. The average Bonchev–Trinajstić information content (AvgIpc) is 2.25. The average molecular weight is 328 g/mol. The molecule has 0 aliphatic carbocycles. The molecule has 1 amide bonds. The van der Waals surface area contributed by atoms with Crippen molar-refractivity contribution in [1.29, 1.82) is 0 Å². The van der Waals surface area contributed by atoms with E-state index in [0.717, 1.165) is 10.0 Å². The SMILES string of the molecule is Cc1cc(Br)cc(C(=O)NC(CC(C)C)C(=O)O)c1. The number of carbonyl (C=O) groups is 2. The van der Waals surface area contributed by atoms with Crippen LogP contribution in [0.25, 0.3) is 0 Å². The topological polar surface area (TPSA) is 66.4 Å². The third-order valence-corrected chi connectivity index (χ3v) is 3.07. The molecule has 0 saturated carbocycles. The van der Waals surface area contributed by atoms with E-state index in [0.29, 0.717) is 12.0 Å². The largest absolute Gasteiger partial charge is 0.480 e. The standard InChI is InChI=1S/C14H18BrNO3/c1-8(2)4-12(14(18)19)16-13(17)10-5-9(3)6-11(15)7-10/h5-8,12H,4H2,1-3H3,(H,16,17)(H,18,19). The summed E-state index contributed by atoms with van der Waals surface area (Å²) in [5.41, 5.74) is 1.40. The summed E-state index contributed by atoms with van der Waals surface area (Å²) < 4.78 is 0.799. The third-order valence-electron chi connectivity index (χ3n) is 2.61. The summed E-state index contributed by atoms with van der Waals surface area (Å²) in [7, 11) is 0. The first kappa shape index (κ1) is 15.7. The Bertz CT molecular complexity index is 465. The second kappa shape index (κ2) is 6.70. The van der Waals surface area contributed by atoms with Crippen molar-refractivity contribution in [2.24, 2.45) is 5.92 Å². The lowest BCUT2D eigenvalue weighted by Gasteiger charge is -2.16. The number of hydrogen-bond donors (Lipinski definition) is 2. The number of aryl methyl sites for hydroxylation is 1. The van der Waals surface area contributed by atoms with Crippen LogP contribution in [-0.4, -0.2) is 23.0 Å². The Morgan fingerprint density at radius 3 is 2.42 bits per heavy atom. The van der Waals surface area contributed by atoms with Crippen LogP contribution in [0.4, 0.5) is 0 Å². The van der Waals surface area contributed by atoms with Gasteiger partial charge in [-0.05, 0) is 43.0 Å². The van der Waals surface area contributed by atoms with E-state index in [-0.39, 0.29) is 11.8 Å². The van der Waals surface area contributed by atoms with Gasteiger partial charge in [0.2, 0.25) is 0 Å². The Balaban J connectivity index is 2.84. The summed E-state index contributed by atoms with van der Waals surface area (Å²) >= 11 is 3.32. The van der Waals surface area contributed by atoms with Crippen molar-refractivity contribution < 1.29 is 14.7 Å². The Morgan fingerprint density at radius 1 is 1.32 bits per heavy atom. The molecular formula is C14H18BrNO3. The molecule has 0 fully saturated rings. The molecule has 0 radical (unpaired) electrons. The number of hydrogen-bond acceptors (Lipinski definition) is 2. The van der Waals surface area contributed by atoms with Crippen LogP contribution in [0.2, 0.25) is 0 Å². The van der Waals surface area contributed by atoms with Crippen molar-refractivity contribution in [1.82, 2.24) is 5.32 Å². The molecule has 0 spiro atoms. The fourth-order valence-electron chi connectivity index (χ4n) is 1.80. The molecule has 1 atom stereocenters. The Labute approximate surface area is 121 Å². The van der Waals surface area contributed by atoms with E-state index in [4.69, 9.17) is 5.11 Å². The molecule has 0 aliphatic heterocycles. The van der Waals surface area contributed by atoms with Crippen LogP contribution in [0.1, 0.15) is 36.2 Å². The molecule has 104 valence electrons. The van der Waals surface area contributed by atoms with Gasteiger partial charge in [0.25, 0.3) is 5.91 Å². The van der Waals surface area contributed by atoms with Crippen molar-refractivity contribution in [3.63, 3.8) is 0 Å². The lowest BCUT2D eigenvalue weighted by Crippen LogP contribution is -2.41. The van der Waals surface area contributed by atoms with Gasteiger partial charge >= 0.3 is 5.97 Å². The maximum atomic E-state index is 12.1. The minimum Gasteiger partial charge on any atom is -0.480 e. The zero-order valence-electron chi connectivity index (χ0n) is 11.2. The molecule has 5 heteroatoms. The third kappa shape index (κ3) is 5.03. The van der Waals surface area contributed by atoms with E-state index in [9.17, 15) is 9.59 Å². The summed E-state index contributed by atoms with van der Waals surface area (Å²) in [6, 6.07) is 4.44. The number of aliphatic carboxylic acids is 1. The number of halogens is 1. The molecular weight excluding hydrogens is 310 g/mol. The maximum absolute atomic E-state index is 12.1. The number of nitrogens with one attached hydrogen (secondary N) is 1. The van der Waals surface area contributed by atoms with Crippen molar-refractivity contribution in [2.45, 2.75) is 33.2 Å². The quantitative estimate of drug-likeness (QED) is 0.873. The Hall–Kier alpha value is -1.36. The number of carbonyl (C=O) groups excluding carboxylic acids is 1. The summed E-state index contributed by atoms with van der Waals surface area (Å²) in [5.74, 6) is -1.17. The van der Waals surface area contributed by atoms with Crippen molar-refractivity contribution >= 4 is 27.8 Å². The fraction of sp³-hybridized carbons (Fsp3) is 0.429. The van der Waals surface area contributed by atoms with Crippen LogP contribution < -0.4 is 5.32 Å². The normalized spacial score (nSPS) is 12.3. The Morgan fingerprint density at radius 2 is 1.95 bits per heavy atom. The summed E-state index contributed by atoms with van der Waals surface area (Å²) in [4.78, 5) is 23.2. The number of carboxylic acids is 1. The van der Waals surface area contributed by atoms with Gasteiger partial charge in [0, 0.05) is 10.0 Å². The summed E-state index contributed by atoms with van der Waals surface area (Å²) in [6.45, 7) is 5.72. The molecule has 0 saturated heterocycles. The van der Waals surface area contributed by atoms with Crippen LogP contribution in [-0.2, 0) is 4.79 Å². The van der Waals surface area contributed by atoms with Crippen LogP contribution in [0.15, 0.2) is 22.7 Å². The van der Waals surface area contributed by atoms with E-state index in [2.05, 4.69) is 21.2 Å². The number of rotatable bonds is 5. The molecule has 1 aromatic carbocycles. The Kier molecular flexibility index (Phi) is 5.54. The summed E-state index contributed by atoms with van der Waals surface area (Å²) in [5, 5.41) is 11.7. The molecule has 1 unspecified atom stereocenters. The van der Waals surface area contributed by atoms with Gasteiger partial charge in [0.05, 0.1) is 0 Å². The molecule has 19 heavy (non-hydrogen) atoms. The lowest BCUT2D eigenvalue weighted by atomic mass is 10.0. The minimum atomic E-state index is -1.01. The van der Waals surface area contributed by atoms with Crippen molar-refractivity contribution in [3.05, 3.63) is 33.8 Å². The first-order valence-electron chi connectivity index (χ1n) is 6.10. The summed E-state index contributed by atoms with van der Waals surface area (Å²) in [6.07, 6.45) is 0.411. The van der Waals surface area contributed by atoms with Gasteiger partial charge in [0.15, 0.2) is 0 Å². The van der Waals surface area contributed by atoms with Crippen molar-refractivity contribution in [3.8, 4) is 0 Å². The maximum Gasteiger partial charge on any atom is 0.326 e. The number of amides is 1. The predicted molar refractivity (Wildman–Crippen MR) is 77.2 cm³/mol. The highest BCUT2D eigenvalue weighted by molar-refractivity contribution is 9.10. The van der Waals surface area contributed by atoms with Crippen LogP contribution in [0, 0.1) is 12.8 Å². The fourth-order valence-corrected chi connectivity index (χ4v) is 2.41. The van der Waals surface area contributed by atoms with Gasteiger partial charge in [-0.15, -0.1) is 0 Å². The highest BCUT2D eigenvalue weighted by Crippen LogP contribution is 2.16. The first-order valence-corrected chi connectivity index (χ1v) is 6.89. The second-order valence-electron chi connectivity index (χ2n) is 5.01. The lowest BCUT2D eigenvalue weighted by molar-refractivity contribution is -0.139. The number of carboxylic acid groups (broad SMARTS) is 1. The van der Waals surface area contributed by atoms with Gasteiger partial charge < -0.3 is 10.4 Å². The molecule has 0 aromatic heterocycles. The molecule has 0 heterocycles. The van der Waals surface area contributed by atoms with E-state index >= 15 is 0 Å². The van der Waals surface area contributed by atoms with Gasteiger partial charge in [0.1, 0.15) is 6.04 Å². The molecule has 1 rings (SSSR count). The first-order chi connectivity index (χ1) is 8.79. The molecule has 0 aliphatic rings. The highest BCUT2D eigenvalue weighted by Gasteiger charge is 2.21. The predicted octanol–water partition coefficient (Wildman–Crippen LogP) is 2.99. The van der Waals surface area contributed by atoms with Gasteiger partial charge in [-0.25, -0.2) is 4.79 Å². The van der Waals surface area contributed by atoms with E-state index in [1.165, 1.54) is 0 Å². The zero-order valence-corrected chi connectivity index (χ0v) is 12.8. The van der Waals surface area contributed by atoms with E-state index in [1.807, 2.05) is 26.8 Å².